The number of likely N-dealkylation sites (N-methyl/N-ethyl adjacent to an activating group) is 1. The predicted molar refractivity (Wildman–Crippen MR) is 138 cm³/mol. The van der Waals surface area contributed by atoms with Crippen LogP contribution in [0.3, 0.4) is 0 Å². The van der Waals surface area contributed by atoms with Crippen LogP contribution in [0, 0.1) is 0 Å². The standard InChI is InChI=1S/C27H27N5O5/c1-28-26(34)37-25-29-22-12-11-17(15-23(22)30-25)27(35)21-10-5-4-9-20(21)24(33)32(27)18-7-6-8-19(16-18)36-14-13-31(2)3/h4-12,15-16,35H,13-14H2,1-3H3,(H,28,34)(H,29,30). The molecule has 0 saturated carbocycles. The van der Waals surface area contributed by atoms with Crippen LogP contribution >= 0.6 is 0 Å². The van der Waals surface area contributed by atoms with Crippen LogP contribution in [0.4, 0.5) is 10.5 Å². The van der Waals surface area contributed by atoms with E-state index >= 15 is 0 Å². The van der Waals surface area contributed by atoms with E-state index in [2.05, 4.69) is 15.3 Å². The number of aromatic amines is 1. The summed E-state index contributed by atoms with van der Waals surface area (Å²) >= 11 is 0. The van der Waals surface area contributed by atoms with E-state index in [1.807, 2.05) is 25.1 Å². The van der Waals surface area contributed by atoms with Gasteiger partial charge >= 0.3 is 12.1 Å². The SMILES string of the molecule is CNC(=O)Oc1nc2ccc(C3(O)c4ccccc4C(=O)N3c3cccc(OCCN(C)C)c3)cc2[nH]1. The fourth-order valence-corrected chi connectivity index (χ4v) is 4.40. The molecule has 10 nitrogen and oxygen atoms in total. The first-order chi connectivity index (χ1) is 17.8. The number of aliphatic hydroxyl groups is 1. The molecule has 10 heteroatoms. The fourth-order valence-electron chi connectivity index (χ4n) is 4.40. The molecule has 1 atom stereocenters. The van der Waals surface area contributed by atoms with Crippen molar-refractivity contribution < 1.29 is 24.2 Å². The van der Waals surface area contributed by atoms with Crippen molar-refractivity contribution in [2.75, 3.05) is 39.2 Å². The average molecular weight is 502 g/mol. The first kappa shape index (κ1) is 24.3. The molecule has 4 aromatic rings. The van der Waals surface area contributed by atoms with Crippen LogP contribution in [0.5, 0.6) is 11.8 Å². The van der Waals surface area contributed by atoms with E-state index in [-0.39, 0.29) is 11.9 Å². The number of carbonyl (C=O) groups excluding carboxylic acids is 2. The molecule has 1 aliphatic heterocycles. The van der Waals surface area contributed by atoms with Gasteiger partial charge < -0.3 is 29.8 Å². The van der Waals surface area contributed by atoms with Gasteiger partial charge in [-0.2, -0.15) is 4.98 Å². The van der Waals surface area contributed by atoms with Gasteiger partial charge in [0.1, 0.15) is 12.4 Å². The van der Waals surface area contributed by atoms with Gasteiger partial charge in [-0.15, -0.1) is 0 Å². The van der Waals surface area contributed by atoms with Crippen molar-refractivity contribution in [1.29, 1.82) is 0 Å². The highest BCUT2D eigenvalue weighted by Crippen LogP contribution is 2.45. The number of hydrogen-bond acceptors (Lipinski definition) is 7. The zero-order valence-electron chi connectivity index (χ0n) is 20.7. The topological polar surface area (TPSA) is 120 Å². The summed E-state index contributed by atoms with van der Waals surface area (Å²) in [5, 5.41) is 14.7. The van der Waals surface area contributed by atoms with Crippen molar-refractivity contribution in [3.63, 3.8) is 0 Å². The van der Waals surface area contributed by atoms with E-state index in [0.29, 0.717) is 45.8 Å². The minimum atomic E-state index is -1.81. The van der Waals surface area contributed by atoms with Crippen LogP contribution in [0.1, 0.15) is 21.5 Å². The van der Waals surface area contributed by atoms with E-state index in [1.165, 1.54) is 11.9 Å². The Labute approximate surface area is 213 Å². The smallest absolute Gasteiger partial charge is 0.414 e. The molecule has 1 aliphatic rings. The minimum Gasteiger partial charge on any atom is -0.492 e. The Balaban J connectivity index is 1.58. The maximum Gasteiger partial charge on any atom is 0.414 e. The van der Waals surface area contributed by atoms with E-state index in [9.17, 15) is 14.7 Å². The number of carbonyl (C=O) groups is 2. The van der Waals surface area contributed by atoms with Crippen LogP contribution in [-0.2, 0) is 5.72 Å². The highest BCUT2D eigenvalue weighted by Gasteiger charge is 2.50. The molecule has 5 rings (SSSR count). The largest absolute Gasteiger partial charge is 0.492 e. The Bertz CT molecular complexity index is 1480. The van der Waals surface area contributed by atoms with Crippen molar-refractivity contribution in [2.24, 2.45) is 0 Å². The second-order valence-electron chi connectivity index (χ2n) is 8.92. The molecule has 2 amide bonds. The Morgan fingerprint density at radius 3 is 2.73 bits per heavy atom. The molecule has 0 fully saturated rings. The third-order valence-electron chi connectivity index (χ3n) is 6.20. The van der Waals surface area contributed by atoms with E-state index < -0.39 is 11.8 Å². The van der Waals surface area contributed by atoms with Gasteiger partial charge in [0, 0.05) is 36.3 Å². The van der Waals surface area contributed by atoms with Gasteiger partial charge in [0.15, 0.2) is 5.72 Å². The molecule has 190 valence electrons. The van der Waals surface area contributed by atoms with Crippen LogP contribution in [0.15, 0.2) is 66.7 Å². The quantitative estimate of drug-likeness (QED) is 0.356. The number of rotatable bonds is 7. The van der Waals surface area contributed by atoms with Crippen LogP contribution in [-0.4, -0.2) is 66.3 Å². The second-order valence-corrected chi connectivity index (χ2v) is 8.92. The monoisotopic (exact) mass is 501 g/mol. The van der Waals surface area contributed by atoms with Gasteiger partial charge in [-0.1, -0.05) is 30.3 Å². The number of ether oxygens (including phenoxy) is 2. The van der Waals surface area contributed by atoms with Crippen molar-refractivity contribution in [3.05, 3.63) is 83.4 Å². The van der Waals surface area contributed by atoms with Gasteiger partial charge in [0.2, 0.25) is 0 Å². The predicted octanol–water partition coefficient (Wildman–Crippen LogP) is 3.08. The summed E-state index contributed by atoms with van der Waals surface area (Å²) in [5.41, 5.74) is 1.04. The number of H-pyrrole nitrogens is 1. The molecule has 3 N–H and O–H groups in total. The Morgan fingerprint density at radius 1 is 1.14 bits per heavy atom. The summed E-state index contributed by atoms with van der Waals surface area (Å²) in [4.78, 5) is 35.8. The number of benzene rings is 3. The molecule has 3 aromatic carbocycles. The average Bonchev–Trinajstić information content (AvgIpc) is 3.39. The molecule has 2 heterocycles. The number of aromatic nitrogens is 2. The molecule has 0 radical (unpaired) electrons. The molecular weight excluding hydrogens is 474 g/mol. The van der Waals surface area contributed by atoms with E-state index in [1.54, 1.807) is 60.7 Å². The summed E-state index contributed by atoms with van der Waals surface area (Å²) in [6, 6.07) is 19.2. The summed E-state index contributed by atoms with van der Waals surface area (Å²) < 4.78 is 11.0. The van der Waals surface area contributed by atoms with Crippen LogP contribution in [0.25, 0.3) is 11.0 Å². The fraction of sp³-hybridized carbons (Fsp3) is 0.222. The number of amides is 2. The number of hydrogen-bond donors (Lipinski definition) is 3. The van der Waals surface area contributed by atoms with Gasteiger partial charge in [-0.25, -0.2) is 4.79 Å². The van der Waals surface area contributed by atoms with Gasteiger partial charge in [-0.05, 0) is 44.4 Å². The zero-order valence-corrected chi connectivity index (χ0v) is 20.7. The third kappa shape index (κ3) is 4.37. The van der Waals surface area contributed by atoms with Gasteiger partial charge in [0.05, 0.1) is 16.7 Å². The van der Waals surface area contributed by atoms with Crippen molar-refractivity contribution in [2.45, 2.75) is 5.72 Å². The highest BCUT2D eigenvalue weighted by molar-refractivity contribution is 6.12. The number of nitrogens with one attached hydrogen (secondary N) is 2. The Hall–Kier alpha value is -4.41. The number of anilines is 1. The third-order valence-corrected chi connectivity index (χ3v) is 6.20. The molecule has 0 aliphatic carbocycles. The first-order valence-corrected chi connectivity index (χ1v) is 11.7. The number of fused-ring (bicyclic) bond motifs is 2. The highest BCUT2D eigenvalue weighted by atomic mass is 16.6. The van der Waals surface area contributed by atoms with Crippen molar-refractivity contribution in [3.8, 4) is 11.8 Å². The minimum absolute atomic E-state index is 0.0146. The summed E-state index contributed by atoms with van der Waals surface area (Å²) in [5.74, 6) is 0.252. The van der Waals surface area contributed by atoms with E-state index in [4.69, 9.17) is 9.47 Å². The number of nitrogens with zero attached hydrogens (tertiary/aromatic N) is 3. The van der Waals surface area contributed by atoms with Gasteiger partial charge in [-0.3, -0.25) is 9.69 Å². The summed E-state index contributed by atoms with van der Waals surface area (Å²) in [6.45, 7) is 1.21. The summed E-state index contributed by atoms with van der Waals surface area (Å²) in [7, 11) is 5.37. The van der Waals surface area contributed by atoms with Crippen LogP contribution < -0.4 is 19.7 Å². The first-order valence-electron chi connectivity index (χ1n) is 11.7. The lowest BCUT2D eigenvalue weighted by Crippen LogP contribution is -2.45. The Kier molecular flexibility index (Phi) is 6.28. The molecule has 37 heavy (non-hydrogen) atoms. The lowest BCUT2D eigenvalue weighted by atomic mass is 9.93. The molecule has 1 aromatic heterocycles. The van der Waals surface area contributed by atoms with E-state index in [0.717, 1.165) is 6.54 Å². The molecule has 0 saturated heterocycles. The molecule has 1 unspecified atom stereocenters. The van der Waals surface area contributed by atoms with Crippen molar-refractivity contribution >= 4 is 28.7 Å². The molecule has 0 spiro atoms. The van der Waals surface area contributed by atoms with Crippen molar-refractivity contribution in [1.82, 2.24) is 20.2 Å². The zero-order chi connectivity index (χ0) is 26.2. The lowest BCUT2D eigenvalue weighted by Gasteiger charge is -2.35. The lowest BCUT2D eigenvalue weighted by molar-refractivity contribution is 0.0704. The normalized spacial score (nSPS) is 16.8. The summed E-state index contributed by atoms with van der Waals surface area (Å²) in [6.07, 6.45) is -0.660. The molecular formula is C27H27N5O5. The molecule has 0 bridgehead atoms. The van der Waals surface area contributed by atoms with Gasteiger partial charge in [0.25, 0.3) is 5.91 Å². The Morgan fingerprint density at radius 2 is 1.95 bits per heavy atom. The second kappa shape index (κ2) is 9.57. The number of imidazole rings is 1. The maximum absolute atomic E-state index is 13.7. The van der Waals surface area contributed by atoms with Crippen LogP contribution in [0.2, 0.25) is 0 Å². The maximum atomic E-state index is 13.7.